The zero-order valence-corrected chi connectivity index (χ0v) is 25.6. The van der Waals surface area contributed by atoms with Gasteiger partial charge in [0.25, 0.3) is 0 Å². The van der Waals surface area contributed by atoms with Gasteiger partial charge in [-0.1, -0.05) is 50.2 Å². The fraction of sp³-hybridized carbons (Fsp3) is 0.417. The average Bonchev–Trinajstić information content (AvgIpc) is 3.36. The first-order chi connectivity index (χ1) is 17.1. The maximum atomic E-state index is 13.4. The van der Waals surface area contributed by atoms with E-state index in [0.717, 1.165) is 9.77 Å². The molecule has 13 heteroatoms. The van der Waals surface area contributed by atoms with Gasteiger partial charge >= 0.3 is 0 Å². The minimum atomic E-state index is -0.833. The number of hydrogen-bond acceptors (Lipinski definition) is 7. The molecule has 2 rings (SSSR count). The second-order valence-electron chi connectivity index (χ2n) is 8.31. The van der Waals surface area contributed by atoms with Gasteiger partial charge in [-0.2, -0.15) is 0 Å². The molecular weight excluding hydrogens is 588 g/mol. The molecule has 0 aliphatic rings. The van der Waals surface area contributed by atoms with Gasteiger partial charge in [0.2, 0.25) is 17.7 Å². The molecule has 6 N–H and O–H groups in total. The van der Waals surface area contributed by atoms with Crippen LogP contribution < -0.4 is 16.1 Å². The molecule has 3 atom stereocenters. The van der Waals surface area contributed by atoms with Crippen LogP contribution in [0.15, 0.2) is 52.1 Å². The molecular formula is C24H33BN4O5S2Y. The van der Waals surface area contributed by atoms with Crippen molar-refractivity contribution in [2.24, 2.45) is 17.8 Å². The van der Waals surface area contributed by atoms with Gasteiger partial charge in [-0.15, -0.1) is 23.1 Å². The van der Waals surface area contributed by atoms with Crippen molar-refractivity contribution in [2.75, 3.05) is 12.8 Å². The number of nitrogens with one attached hydrogen (secondary N) is 4. The van der Waals surface area contributed by atoms with Crippen molar-refractivity contribution < 1.29 is 57.4 Å². The number of aliphatic hydroxyl groups is 1. The number of amides is 3. The van der Waals surface area contributed by atoms with Gasteiger partial charge in [0.05, 0.1) is 16.0 Å². The summed E-state index contributed by atoms with van der Waals surface area (Å²) in [7, 11) is 5.78. The second kappa shape index (κ2) is 19.4. The Kier molecular flexibility index (Phi) is 18.5. The predicted molar refractivity (Wildman–Crippen MR) is 144 cm³/mol. The molecule has 37 heavy (non-hydrogen) atoms. The molecule has 0 bridgehead atoms. The quantitative estimate of drug-likeness (QED) is 0.0536. The van der Waals surface area contributed by atoms with Crippen molar-refractivity contribution in [3.8, 4) is 0 Å². The number of likely N-dealkylation sites (N-methyl/N-ethyl adjacent to an activating group) is 1. The van der Waals surface area contributed by atoms with Crippen LogP contribution in [0.1, 0.15) is 25.8 Å². The van der Waals surface area contributed by atoms with Crippen molar-refractivity contribution in [3.05, 3.63) is 53.4 Å². The topological polar surface area (TPSA) is 152 Å². The van der Waals surface area contributed by atoms with Gasteiger partial charge in [0, 0.05) is 51.9 Å². The first-order valence-corrected chi connectivity index (χ1v) is 13.1. The molecule has 197 valence electrons. The first kappa shape index (κ1) is 35.3. The molecule has 3 amide bonds. The Hall–Kier alpha value is -1.72. The molecule has 0 spiro atoms. The van der Waals surface area contributed by atoms with Crippen molar-refractivity contribution in [3.63, 3.8) is 0 Å². The summed E-state index contributed by atoms with van der Waals surface area (Å²) in [6.45, 7) is 3.95. The molecule has 0 aliphatic heterocycles. The molecule has 3 radical (unpaired) electrons. The number of carbonyl (C=O) groups excluding carboxylic acids is 3. The van der Waals surface area contributed by atoms with E-state index in [2.05, 4.69) is 18.5 Å². The third-order valence-corrected chi connectivity index (χ3v) is 7.31. The third-order valence-electron chi connectivity index (χ3n) is 5.06. The fourth-order valence-corrected chi connectivity index (χ4v) is 5.44. The summed E-state index contributed by atoms with van der Waals surface area (Å²) in [4.78, 5) is 38.4. The van der Waals surface area contributed by atoms with Gasteiger partial charge in [-0.25, -0.2) is 5.48 Å². The summed E-state index contributed by atoms with van der Waals surface area (Å²) in [5.41, 5.74) is 2.64. The van der Waals surface area contributed by atoms with E-state index in [1.165, 1.54) is 18.8 Å². The molecule has 2 aromatic rings. The van der Waals surface area contributed by atoms with Crippen LogP contribution in [-0.2, 0) is 53.5 Å². The Balaban J connectivity index is 0.00000241. The normalized spacial score (nSPS) is 12.6. The number of rotatable bonds is 12. The standard InChI is InChI=1S/C23H31N3O4S2.CH2BNO.Y/c1-15(2)12-17(18(22(28)26-30)14-32-20-10-7-11-31-20)21(27)25-19(23(29)24-3)13-16-8-5-4-6-9-16;2-1(3)4;/h4-11,15,17-19,30H,12-14H2,1-3H3,(H,24,29)(H,25,27)(H,26,28);(H2,3,4);/t17-,18+,19+;;/m1../s1. The van der Waals surface area contributed by atoms with E-state index in [0.29, 0.717) is 18.6 Å². The molecule has 0 aliphatic carbocycles. The van der Waals surface area contributed by atoms with Gasteiger partial charge in [-0.05, 0) is 29.3 Å². The Morgan fingerprint density at radius 3 is 2.16 bits per heavy atom. The molecule has 0 saturated carbocycles. The maximum Gasteiger partial charge on any atom is 0.248 e. The fourth-order valence-electron chi connectivity index (χ4n) is 3.45. The third kappa shape index (κ3) is 14.1. The average molecular weight is 621 g/mol. The monoisotopic (exact) mass is 621 g/mol. The summed E-state index contributed by atoms with van der Waals surface area (Å²) in [6.07, 6.45) is 0.780. The van der Waals surface area contributed by atoms with Crippen LogP contribution >= 0.6 is 23.1 Å². The number of carbonyl (C=O) groups is 3. The summed E-state index contributed by atoms with van der Waals surface area (Å²) in [5.74, 6) is -3.09. The van der Waals surface area contributed by atoms with Crippen LogP contribution in [0.4, 0.5) is 0 Å². The molecule has 1 heterocycles. The number of hydrogen-bond donors (Lipinski definition) is 6. The van der Waals surface area contributed by atoms with Crippen LogP contribution in [0.25, 0.3) is 0 Å². The summed E-state index contributed by atoms with van der Waals surface area (Å²) >= 11 is 3.02. The number of hydroxylamine groups is 1. The summed E-state index contributed by atoms with van der Waals surface area (Å²) in [6, 6.07) is 12.5. The number of benzene rings is 1. The smallest absolute Gasteiger partial charge is 0.248 e. The van der Waals surface area contributed by atoms with E-state index < -0.39 is 29.6 Å². The van der Waals surface area contributed by atoms with E-state index in [1.54, 1.807) is 16.8 Å². The van der Waals surface area contributed by atoms with Crippen LogP contribution in [0, 0.1) is 23.2 Å². The van der Waals surface area contributed by atoms with E-state index in [1.807, 2.05) is 61.7 Å². The minimum Gasteiger partial charge on any atom is -0.507 e. The van der Waals surface area contributed by atoms with E-state index in [9.17, 15) is 19.6 Å². The summed E-state index contributed by atoms with van der Waals surface area (Å²) < 4.78 is 1.02. The van der Waals surface area contributed by atoms with Gasteiger partial charge in [0.1, 0.15) is 11.8 Å². The predicted octanol–water partition coefficient (Wildman–Crippen LogP) is 2.74. The second-order valence-corrected chi connectivity index (χ2v) is 10.6. The zero-order chi connectivity index (χ0) is 27.1. The van der Waals surface area contributed by atoms with Crippen molar-refractivity contribution in [2.45, 2.75) is 36.9 Å². The van der Waals surface area contributed by atoms with Crippen LogP contribution in [0.3, 0.4) is 0 Å². The Bertz CT molecular complexity index is 963. The Labute approximate surface area is 252 Å². The Morgan fingerprint density at radius 1 is 1.05 bits per heavy atom. The molecule has 1 aromatic carbocycles. The van der Waals surface area contributed by atoms with Crippen molar-refractivity contribution >= 4 is 54.5 Å². The molecule has 0 unspecified atom stereocenters. The van der Waals surface area contributed by atoms with E-state index >= 15 is 0 Å². The first-order valence-electron chi connectivity index (χ1n) is 11.3. The van der Waals surface area contributed by atoms with Crippen LogP contribution in [0.5, 0.6) is 0 Å². The molecule has 0 saturated heterocycles. The maximum absolute atomic E-state index is 13.4. The molecule has 9 nitrogen and oxygen atoms in total. The largest absolute Gasteiger partial charge is 0.507 e. The van der Waals surface area contributed by atoms with E-state index in [4.69, 9.17) is 10.5 Å². The number of thiophene rings is 1. The number of aliphatic hydroxyl groups excluding tert-OH is 1. The van der Waals surface area contributed by atoms with Crippen LogP contribution in [0.2, 0.25) is 0 Å². The zero-order valence-electron chi connectivity index (χ0n) is 21.1. The SMILES string of the molecule is CNC(=O)[C@H](Cc1ccccc1)NC(=O)[C@H](CC(C)C)[C@H](CSc1cccs1)C(=O)NO.[B]C(=N)O.[Y]. The Morgan fingerprint density at radius 2 is 1.68 bits per heavy atom. The summed E-state index contributed by atoms with van der Waals surface area (Å²) in [5, 5.41) is 30.0. The number of thioether (sulfide) groups is 1. The van der Waals surface area contributed by atoms with Crippen molar-refractivity contribution in [1.82, 2.24) is 16.1 Å². The van der Waals surface area contributed by atoms with Gasteiger partial charge < -0.3 is 15.7 Å². The molecule has 0 fully saturated rings. The molecule has 1 aromatic heterocycles. The van der Waals surface area contributed by atoms with E-state index in [-0.39, 0.29) is 50.4 Å². The van der Waals surface area contributed by atoms with Gasteiger partial charge in [-0.3, -0.25) is 25.0 Å². The van der Waals surface area contributed by atoms with Gasteiger partial charge in [0.15, 0.2) is 7.85 Å². The minimum absolute atomic E-state index is 0. The van der Waals surface area contributed by atoms with Crippen molar-refractivity contribution in [1.29, 1.82) is 5.41 Å². The van der Waals surface area contributed by atoms with Crippen LogP contribution in [-0.4, -0.2) is 60.5 Å².